The molecule has 3 aromatic carbocycles. The molecular formula is C21H17BrClNO2S. The monoisotopic (exact) mass is 461 g/mol. The van der Waals surface area contributed by atoms with E-state index in [-0.39, 0.29) is 5.91 Å². The molecular weight excluding hydrogens is 446 g/mol. The molecule has 6 heteroatoms. The number of carbonyl (C=O) groups excluding carboxylic acids is 1. The highest BCUT2D eigenvalue weighted by atomic mass is 79.9. The Bertz CT molecular complexity index is 904. The smallest absolute Gasteiger partial charge is 0.255 e. The van der Waals surface area contributed by atoms with Gasteiger partial charge in [0.2, 0.25) is 0 Å². The van der Waals surface area contributed by atoms with Gasteiger partial charge in [0.1, 0.15) is 5.75 Å². The van der Waals surface area contributed by atoms with Crippen LogP contribution >= 0.6 is 39.3 Å². The lowest BCUT2D eigenvalue weighted by Crippen LogP contribution is -2.11. The van der Waals surface area contributed by atoms with Gasteiger partial charge < -0.3 is 10.1 Å². The van der Waals surface area contributed by atoms with Crippen LogP contribution in [0.15, 0.2) is 82.2 Å². The number of benzene rings is 3. The van der Waals surface area contributed by atoms with Crippen molar-refractivity contribution < 1.29 is 9.53 Å². The van der Waals surface area contributed by atoms with Gasteiger partial charge in [0.25, 0.3) is 5.91 Å². The molecule has 138 valence electrons. The van der Waals surface area contributed by atoms with Gasteiger partial charge in [0.05, 0.1) is 11.6 Å². The molecule has 3 nitrogen and oxygen atoms in total. The van der Waals surface area contributed by atoms with Gasteiger partial charge >= 0.3 is 0 Å². The maximum atomic E-state index is 12.3. The molecule has 0 heterocycles. The van der Waals surface area contributed by atoms with E-state index in [0.29, 0.717) is 22.9 Å². The van der Waals surface area contributed by atoms with Crippen LogP contribution in [0.2, 0.25) is 5.02 Å². The third-order valence-electron chi connectivity index (χ3n) is 3.66. The summed E-state index contributed by atoms with van der Waals surface area (Å²) in [6.07, 6.45) is 0. The molecule has 0 bridgehead atoms. The van der Waals surface area contributed by atoms with Gasteiger partial charge in [0, 0.05) is 26.4 Å². The van der Waals surface area contributed by atoms with Crippen molar-refractivity contribution in [2.45, 2.75) is 4.90 Å². The van der Waals surface area contributed by atoms with Crippen molar-refractivity contribution in [2.24, 2.45) is 0 Å². The molecule has 1 N–H and O–H groups in total. The molecule has 0 fully saturated rings. The number of amides is 1. The Kier molecular flexibility index (Phi) is 7.21. The summed E-state index contributed by atoms with van der Waals surface area (Å²) >= 11 is 11.1. The van der Waals surface area contributed by atoms with Gasteiger partial charge in [-0.25, -0.2) is 0 Å². The second-order valence-corrected chi connectivity index (χ2v) is 8.05. The van der Waals surface area contributed by atoms with Crippen LogP contribution in [0.5, 0.6) is 5.75 Å². The van der Waals surface area contributed by atoms with Crippen molar-refractivity contribution in [2.75, 3.05) is 17.7 Å². The van der Waals surface area contributed by atoms with Gasteiger partial charge in [-0.15, -0.1) is 11.8 Å². The SMILES string of the molecule is O=C(Nc1ccc(Br)c(Cl)c1)c1ccc(OCCSc2ccccc2)cc1. The zero-order chi connectivity index (χ0) is 19.1. The normalized spacial score (nSPS) is 10.4. The maximum absolute atomic E-state index is 12.3. The Morgan fingerprint density at radius 1 is 1.04 bits per heavy atom. The van der Waals surface area contributed by atoms with Crippen LogP contribution < -0.4 is 10.1 Å². The van der Waals surface area contributed by atoms with Crippen molar-refractivity contribution in [3.63, 3.8) is 0 Å². The number of nitrogens with one attached hydrogen (secondary N) is 1. The first kappa shape index (κ1) is 19.8. The van der Waals surface area contributed by atoms with Crippen molar-refractivity contribution in [1.29, 1.82) is 0 Å². The fraction of sp³-hybridized carbons (Fsp3) is 0.0952. The molecule has 0 atom stereocenters. The highest BCUT2D eigenvalue weighted by Crippen LogP contribution is 2.26. The number of hydrogen-bond acceptors (Lipinski definition) is 3. The topological polar surface area (TPSA) is 38.3 Å². The quantitative estimate of drug-likeness (QED) is 0.320. The zero-order valence-corrected chi connectivity index (χ0v) is 17.5. The molecule has 0 aliphatic carbocycles. The van der Waals surface area contributed by atoms with Crippen molar-refractivity contribution in [3.05, 3.63) is 87.9 Å². The highest BCUT2D eigenvalue weighted by Gasteiger charge is 2.08. The lowest BCUT2D eigenvalue weighted by atomic mass is 10.2. The van der Waals surface area contributed by atoms with E-state index in [4.69, 9.17) is 16.3 Å². The first-order valence-electron chi connectivity index (χ1n) is 8.29. The standard InChI is InChI=1S/C21H17BrClNO2S/c22-19-11-8-16(14-20(19)23)24-21(25)15-6-9-17(10-7-15)26-12-13-27-18-4-2-1-3-5-18/h1-11,14H,12-13H2,(H,24,25). The fourth-order valence-electron chi connectivity index (χ4n) is 2.32. The van der Waals surface area contributed by atoms with Crippen LogP contribution in [0, 0.1) is 0 Å². The number of anilines is 1. The molecule has 0 spiro atoms. The van der Waals surface area contributed by atoms with Crippen LogP contribution in [-0.4, -0.2) is 18.3 Å². The number of rotatable bonds is 7. The molecule has 0 unspecified atom stereocenters. The third kappa shape index (κ3) is 6.03. The van der Waals surface area contributed by atoms with E-state index in [0.717, 1.165) is 16.0 Å². The molecule has 0 saturated heterocycles. The second kappa shape index (κ2) is 9.83. The maximum Gasteiger partial charge on any atom is 0.255 e. The number of hydrogen-bond donors (Lipinski definition) is 1. The first-order valence-corrected chi connectivity index (χ1v) is 10.4. The molecule has 0 radical (unpaired) electrons. The number of halogens is 2. The summed E-state index contributed by atoms with van der Waals surface area (Å²) in [6, 6.07) is 22.6. The van der Waals surface area contributed by atoms with Crippen LogP contribution in [0.25, 0.3) is 0 Å². The van der Waals surface area contributed by atoms with E-state index in [1.54, 1.807) is 54.2 Å². The Hall–Kier alpha value is -1.95. The fourth-order valence-corrected chi connectivity index (χ4v) is 3.49. The van der Waals surface area contributed by atoms with Crippen LogP contribution in [-0.2, 0) is 0 Å². The van der Waals surface area contributed by atoms with E-state index in [2.05, 4.69) is 33.4 Å². The average molecular weight is 463 g/mol. The molecule has 1 amide bonds. The molecule has 0 saturated carbocycles. The number of ether oxygens (including phenoxy) is 1. The Morgan fingerprint density at radius 2 is 1.78 bits per heavy atom. The van der Waals surface area contributed by atoms with Crippen LogP contribution in [0.4, 0.5) is 5.69 Å². The van der Waals surface area contributed by atoms with E-state index < -0.39 is 0 Å². The molecule has 3 rings (SSSR count). The highest BCUT2D eigenvalue weighted by molar-refractivity contribution is 9.10. The predicted molar refractivity (Wildman–Crippen MR) is 116 cm³/mol. The molecule has 0 aliphatic heterocycles. The summed E-state index contributed by atoms with van der Waals surface area (Å²) in [4.78, 5) is 13.6. The Labute approximate surface area is 176 Å². The largest absolute Gasteiger partial charge is 0.493 e. The van der Waals surface area contributed by atoms with Crippen LogP contribution in [0.3, 0.4) is 0 Å². The Morgan fingerprint density at radius 3 is 2.48 bits per heavy atom. The summed E-state index contributed by atoms with van der Waals surface area (Å²) in [5.41, 5.74) is 1.20. The van der Waals surface area contributed by atoms with Gasteiger partial charge in [-0.2, -0.15) is 0 Å². The minimum atomic E-state index is -0.195. The molecule has 0 aliphatic rings. The van der Waals surface area contributed by atoms with Gasteiger partial charge in [0.15, 0.2) is 0 Å². The molecule has 0 aromatic heterocycles. The lowest BCUT2D eigenvalue weighted by molar-refractivity contribution is 0.102. The number of carbonyl (C=O) groups is 1. The minimum Gasteiger partial charge on any atom is -0.493 e. The van der Waals surface area contributed by atoms with Crippen LogP contribution in [0.1, 0.15) is 10.4 Å². The van der Waals surface area contributed by atoms with Crippen molar-refractivity contribution in [1.82, 2.24) is 0 Å². The zero-order valence-electron chi connectivity index (χ0n) is 14.3. The second-order valence-electron chi connectivity index (χ2n) is 5.62. The van der Waals surface area contributed by atoms with E-state index in [1.807, 2.05) is 18.2 Å². The summed E-state index contributed by atoms with van der Waals surface area (Å²) in [5, 5.41) is 3.37. The van der Waals surface area contributed by atoms with Crippen molar-refractivity contribution >= 4 is 50.9 Å². The van der Waals surface area contributed by atoms with E-state index >= 15 is 0 Å². The molecule has 27 heavy (non-hydrogen) atoms. The summed E-state index contributed by atoms with van der Waals surface area (Å²) < 4.78 is 6.52. The Balaban J connectivity index is 1.49. The minimum absolute atomic E-state index is 0.195. The number of thioether (sulfide) groups is 1. The van der Waals surface area contributed by atoms with Crippen molar-refractivity contribution in [3.8, 4) is 5.75 Å². The van der Waals surface area contributed by atoms with E-state index in [9.17, 15) is 4.79 Å². The average Bonchev–Trinajstić information content (AvgIpc) is 2.69. The third-order valence-corrected chi connectivity index (χ3v) is 5.87. The van der Waals surface area contributed by atoms with E-state index in [1.165, 1.54) is 4.90 Å². The lowest BCUT2D eigenvalue weighted by Gasteiger charge is -2.09. The summed E-state index contributed by atoms with van der Waals surface area (Å²) in [5.74, 6) is 1.41. The molecule has 3 aromatic rings. The summed E-state index contributed by atoms with van der Waals surface area (Å²) in [7, 11) is 0. The van der Waals surface area contributed by atoms with Gasteiger partial charge in [-0.3, -0.25) is 4.79 Å². The van der Waals surface area contributed by atoms with Gasteiger partial charge in [-0.1, -0.05) is 29.8 Å². The van der Waals surface area contributed by atoms with Gasteiger partial charge in [-0.05, 0) is 70.5 Å². The first-order chi connectivity index (χ1) is 13.1. The summed E-state index contributed by atoms with van der Waals surface area (Å²) in [6.45, 7) is 0.600. The predicted octanol–water partition coefficient (Wildman–Crippen LogP) is 6.53.